The van der Waals surface area contributed by atoms with Crippen molar-refractivity contribution in [1.29, 1.82) is 0 Å². The molecule has 0 amide bonds. The van der Waals surface area contributed by atoms with Crippen molar-refractivity contribution in [2.24, 2.45) is 5.92 Å². The van der Waals surface area contributed by atoms with Gasteiger partial charge in [0.05, 0.1) is 6.10 Å². The zero-order valence-corrected chi connectivity index (χ0v) is 10.5. The summed E-state index contributed by atoms with van der Waals surface area (Å²) in [6.07, 6.45) is 1.45. The van der Waals surface area contributed by atoms with Gasteiger partial charge in [0, 0.05) is 20.8 Å². The maximum Gasteiger partial charge on any atom is 0.146 e. The highest BCUT2D eigenvalue weighted by Crippen LogP contribution is 1.96. The molecule has 14 heavy (non-hydrogen) atoms. The van der Waals surface area contributed by atoms with E-state index in [1.807, 2.05) is 13.8 Å². The minimum absolute atomic E-state index is 0.278. The molecular weight excluding hydrogens is 180 g/mol. The van der Waals surface area contributed by atoms with Crippen LogP contribution in [0.15, 0.2) is 0 Å². The van der Waals surface area contributed by atoms with E-state index < -0.39 is 0 Å². The lowest BCUT2D eigenvalue weighted by molar-refractivity contribution is -0.0587. The molecule has 0 heterocycles. The summed E-state index contributed by atoms with van der Waals surface area (Å²) in [4.78, 5) is 0. The summed E-state index contributed by atoms with van der Waals surface area (Å²) in [6.45, 7) is 9.63. The normalized spacial score (nSPS) is 10.3. The molecule has 88 valence electrons. The molecule has 0 unspecified atom stereocenters. The van der Waals surface area contributed by atoms with Crippen molar-refractivity contribution in [1.82, 2.24) is 0 Å². The van der Waals surface area contributed by atoms with Crippen LogP contribution in [0, 0.1) is 5.92 Å². The van der Waals surface area contributed by atoms with Gasteiger partial charge in [-0.15, -0.1) is 0 Å². The molecular formula is C11H26O3. The molecule has 0 atom stereocenters. The van der Waals surface area contributed by atoms with Crippen LogP contribution in [-0.2, 0) is 14.2 Å². The van der Waals surface area contributed by atoms with Crippen molar-refractivity contribution in [2.45, 2.75) is 40.2 Å². The summed E-state index contributed by atoms with van der Waals surface area (Å²) >= 11 is 0. The number of ether oxygens (including phenoxy) is 3. The third kappa shape index (κ3) is 22.6. The van der Waals surface area contributed by atoms with Crippen molar-refractivity contribution < 1.29 is 14.2 Å². The average Bonchev–Trinajstić information content (AvgIpc) is 2.12. The van der Waals surface area contributed by atoms with Gasteiger partial charge >= 0.3 is 0 Å². The Balaban J connectivity index is 0. The Morgan fingerprint density at radius 3 is 1.64 bits per heavy atom. The topological polar surface area (TPSA) is 27.7 Å². The first kappa shape index (κ1) is 16.3. The van der Waals surface area contributed by atoms with Crippen molar-refractivity contribution in [2.75, 3.05) is 27.6 Å². The van der Waals surface area contributed by atoms with Gasteiger partial charge in [-0.3, -0.25) is 0 Å². The Labute approximate surface area is 88.7 Å². The molecule has 0 fully saturated rings. The third-order valence-corrected chi connectivity index (χ3v) is 1.42. The van der Waals surface area contributed by atoms with Gasteiger partial charge in [0.15, 0.2) is 0 Å². The minimum atomic E-state index is 0.278. The van der Waals surface area contributed by atoms with Gasteiger partial charge in [-0.25, -0.2) is 0 Å². The summed E-state index contributed by atoms with van der Waals surface area (Å²) in [5.41, 5.74) is 0. The molecule has 3 nitrogen and oxygen atoms in total. The van der Waals surface area contributed by atoms with E-state index in [0.29, 0.717) is 6.79 Å². The highest BCUT2D eigenvalue weighted by molar-refractivity contribution is 4.40. The maximum absolute atomic E-state index is 4.97. The van der Waals surface area contributed by atoms with E-state index in [4.69, 9.17) is 9.47 Å². The third-order valence-electron chi connectivity index (χ3n) is 1.42. The first-order valence-corrected chi connectivity index (χ1v) is 5.14. The van der Waals surface area contributed by atoms with E-state index in [1.165, 1.54) is 6.42 Å². The molecule has 3 heteroatoms. The fraction of sp³-hybridized carbons (Fsp3) is 1.00. The molecule has 0 aliphatic heterocycles. The van der Waals surface area contributed by atoms with E-state index in [-0.39, 0.29) is 6.10 Å². The van der Waals surface area contributed by atoms with E-state index in [0.717, 1.165) is 12.5 Å². The summed E-state index contributed by atoms with van der Waals surface area (Å²) in [6, 6.07) is 0. The Bertz CT molecular complexity index is 80.5. The standard InChI is InChI=1S/C6H14O.C5H12O2/c1-6(2)4-5-7-3;1-5(2)7-4-6-3/h6H,4-5H2,1-3H3;5H,4H2,1-3H3. The Kier molecular flexibility index (Phi) is 15.0. The second-order valence-electron chi connectivity index (χ2n) is 3.80. The molecule has 0 aromatic carbocycles. The predicted octanol–water partition coefficient (Wildman–Crippen LogP) is 2.69. The number of methoxy groups -OCH3 is 2. The quantitative estimate of drug-likeness (QED) is 0.625. The average molecular weight is 206 g/mol. The SMILES string of the molecule is COCCC(C)C.COCOC(C)C. The first-order valence-electron chi connectivity index (χ1n) is 5.14. The molecule has 0 bridgehead atoms. The lowest BCUT2D eigenvalue weighted by atomic mass is 10.1. The van der Waals surface area contributed by atoms with Gasteiger partial charge in [0.2, 0.25) is 0 Å². The summed E-state index contributed by atoms with van der Waals surface area (Å²) in [7, 11) is 3.35. The van der Waals surface area contributed by atoms with Crippen LogP contribution in [0.5, 0.6) is 0 Å². The molecule has 0 aromatic rings. The number of hydrogen-bond donors (Lipinski definition) is 0. The molecule has 0 aromatic heterocycles. The molecule has 0 aliphatic rings. The summed E-state index contributed by atoms with van der Waals surface area (Å²) < 4.78 is 14.5. The second kappa shape index (κ2) is 12.9. The predicted molar refractivity (Wildman–Crippen MR) is 59.4 cm³/mol. The van der Waals surface area contributed by atoms with Crippen LogP contribution in [0.4, 0.5) is 0 Å². The fourth-order valence-corrected chi connectivity index (χ4v) is 0.558. The zero-order chi connectivity index (χ0) is 11.4. The van der Waals surface area contributed by atoms with Crippen LogP contribution in [0.25, 0.3) is 0 Å². The monoisotopic (exact) mass is 206 g/mol. The second-order valence-corrected chi connectivity index (χ2v) is 3.80. The zero-order valence-electron chi connectivity index (χ0n) is 10.5. The van der Waals surface area contributed by atoms with Crippen molar-refractivity contribution >= 4 is 0 Å². The lowest BCUT2D eigenvalue weighted by Gasteiger charge is -2.03. The fourth-order valence-electron chi connectivity index (χ4n) is 0.558. The van der Waals surface area contributed by atoms with Crippen molar-refractivity contribution in [3.05, 3.63) is 0 Å². The molecule has 0 aliphatic carbocycles. The smallest absolute Gasteiger partial charge is 0.146 e. The van der Waals surface area contributed by atoms with Crippen LogP contribution >= 0.6 is 0 Å². The summed E-state index contributed by atoms with van der Waals surface area (Å²) in [5.74, 6) is 0.778. The van der Waals surface area contributed by atoms with Crippen LogP contribution in [0.3, 0.4) is 0 Å². The number of hydrogen-bond acceptors (Lipinski definition) is 3. The largest absolute Gasteiger partial charge is 0.385 e. The van der Waals surface area contributed by atoms with E-state index in [2.05, 4.69) is 18.6 Å². The molecule has 0 radical (unpaired) electrons. The van der Waals surface area contributed by atoms with Crippen LogP contribution < -0.4 is 0 Å². The Morgan fingerprint density at radius 1 is 0.929 bits per heavy atom. The van der Waals surface area contributed by atoms with E-state index >= 15 is 0 Å². The van der Waals surface area contributed by atoms with Crippen molar-refractivity contribution in [3.8, 4) is 0 Å². The number of rotatable bonds is 6. The van der Waals surface area contributed by atoms with Gasteiger partial charge in [-0.1, -0.05) is 13.8 Å². The minimum Gasteiger partial charge on any atom is -0.385 e. The van der Waals surface area contributed by atoms with Gasteiger partial charge in [-0.2, -0.15) is 0 Å². The lowest BCUT2D eigenvalue weighted by Crippen LogP contribution is -2.04. The molecule has 0 N–H and O–H groups in total. The van der Waals surface area contributed by atoms with Crippen LogP contribution in [0.1, 0.15) is 34.1 Å². The highest BCUT2D eigenvalue weighted by atomic mass is 16.7. The molecule has 0 saturated heterocycles. The molecule has 0 saturated carbocycles. The Hall–Kier alpha value is -0.120. The Morgan fingerprint density at radius 2 is 1.50 bits per heavy atom. The first-order chi connectivity index (χ1) is 6.54. The van der Waals surface area contributed by atoms with Gasteiger partial charge in [-0.05, 0) is 26.2 Å². The summed E-state index contributed by atoms with van der Waals surface area (Å²) in [5, 5.41) is 0. The van der Waals surface area contributed by atoms with Gasteiger partial charge in [0.25, 0.3) is 0 Å². The highest BCUT2D eigenvalue weighted by Gasteiger charge is 1.89. The van der Waals surface area contributed by atoms with Gasteiger partial charge in [0.1, 0.15) is 6.79 Å². The maximum atomic E-state index is 4.97. The van der Waals surface area contributed by atoms with E-state index in [1.54, 1.807) is 14.2 Å². The van der Waals surface area contributed by atoms with Crippen LogP contribution in [-0.4, -0.2) is 33.7 Å². The van der Waals surface area contributed by atoms with E-state index in [9.17, 15) is 0 Å². The van der Waals surface area contributed by atoms with Crippen molar-refractivity contribution in [3.63, 3.8) is 0 Å². The molecule has 0 rings (SSSR count). The van der Waals surface area contributed by atoms with Crippen LogP contribution in [0.2, 0.25) is 0 Å². The van der Waals surface area contributed by atoms with Gasteiger partial charge < -0.3 is 14.2 Å². The molecule has 0 spiro atoms.